The number of hydrogen-bond acceptors (Lipinski definition) is 3. The third kappa shape index (κ3) is 3.14. The Morgan fingerprint density at radius 3 is 2.82 bits per heavy atom. The second-order valence-corrected chi connectivity index (χ2v) is 3.84. The molecule has 0 unspecified atom stereocenters. The van der Waals surface area contributed by atoms with Crippen LogP contribution in [0.15, 0.2) is 43.0 Å². The van der Waals surface area contributed by atoms with Gasteiger partial charge in [-0.1, -0.05) is 18.2 Å². The molecule has 5 heteroatoms. The minimum atomic E-state index is -0.0285. The molecule has 0 bridgehead atoms. The van der Waals surface area contributed by atoms with Gasteiger partial charge in [-0.25, -0.2) is 9.67 Å². The number of carbonyl (C=O) groups excluding carboxylic acids is 1. The van der Waals surface area contributed by atoms with Crippen molar-refractivity contribution >= 4 is 11.6 Å². The molecule has 17 heavy (non-hydrogen) atoms. The van der Waals surface area contributed by atoms with E-state index in [9.17, 15) is 4.79 Å². The number of nitrogens with zero attached hydrogens (tertiary/aromatic N) is 3. The molecule has 0 saturated heterocycles. The van der Waals surface area contributed by atoms with E-state index >= 15 is 0 Å². The first-order chi connectivity index (χ1) is 8.25. The van der Waals surface area contributed by atoms with Crippen molar-refractivity contribution in [2.24, 2.45) is 0 Å². The zero-order chi connectivity index (χ0) is 12.1. The summed E-state index contributed by atoms with van der Waals surface area (Å²) < 4.78 is 1.67. The van der Waals surface area contributed by atoms with E-state index in [1.165, 1.54) is 6.33 Å². The molecule has 0 aliphatic heterocycles. The molecule has 88 valence electrons. The number of aromatic nitrogens is 3. The van der Waals surface area contributed by atoms with E-state index in [1.54, 1.807) is 11.0 Å². The van der Waals surface area contributed by atoms with E-state index in [0.717, 1.165) is 5.69 Å². The normalized spacial score (nSPS) is 12.1. The van der Waals surface area contributed by atoms with Crippen molar-refractivity contribution < 1.29 is 4.79 Å². The van der Waals surface area contributed by atoms with Crippen molar-refractivity contribution in [3.63, 3.8) is 0 Å². The number of rotatable bonds is 4. The molecule has 1 aromatic heterocycles. The smallest absolute Gasteiger partial charge is 0.226 e. The highest BCUT2D eigenvalue weighted by Gasteiger charge is 2.11. The monoisotopic (exact) mass is 230 g/mol. The van der Waals surface area contributed by atoms with E-state index in [-0.39, 0.29) is 11.9 Å². The number of para-hydroxylation sites is 1. The number of benzene rings is 1. The fourth-order valence-electron chi connectivity index (χ4n) is 1.54. The summed E-state index contributed by atoms with van der Waals surface area (Å²) in [5, 5.41) is 6.84. The lowest BCUT2D eigenvalue weighted by Gasteiger charge is -2.11. The fourth-order valence-corrected chi connectivity index (χ4v) is 1.54. The molecule has 1 amide bonds. The van der Waals surface area contributed by atoms with Gasteiger partial charge < -0.3 is 5.32 Å². The van der Waals surface area contributed by atoms with Crippen LogP contribution in [-0.2, 0) is 4.79 Å². The average molecular weight is 230 g/mol. The molecule has 0 aliphatic rings. The number of amides is 1. The lowest BCUT2D eigenvalue weighted by atomic mass is 10.2. The number of hydrogen-bond donors (Lipinski definition) is 1. The Morgan fingerprint density at radius 1 is 1.41 bits per heavy atom. The fraction of sp³-hybridized carbons (Fsp3) is 0.250. The molecule has 1 aromatic carbocycles. The summed E-state index contributed by atoms with van der Waals surface area (Å²) in [6.45, 7) is 1.93. The Labute approximate surface area is 99.5 Å². The maximum absolute atomic E-state index is 11.7. The maximum Gasteiger partial charge on any atom is 0.226 e. The molecule has 1 atom stereocenters. The van der Waals surface area contributed by atoms with Gasteiger partial charge >= 0.3 is 0 Å². The van der Waals surface area contributed by atoms with Crippen LogP contribution in [0.2, 0.25) is 0 Å². The van der Waals surface area contributed by atoms with E-state index in [1.807, 2.05) is 37.3 Å². The molecule has 0 fully saturated rings. The van der Waals surface area contributed by atoms with Crippen LogP contribution in [0.25, 0.3) is 0 Å². The Kier molecular flexibility index (Phi) is 3.49. The van der Waals surface area contributed by atoms with Gasteiger partial charge in [0.05, 0.1) is 6.04 Å². The zero-order valence-corrected chi connectivity index (χ0v) is 9.58. The number of nitrogens with one attached hydrogen (secondary N) is 1. The summed E-state index contributed by atoms with van der Waals surface area (Å²) in [7, 11) is 0. The van der Waals surface area contributed by atoms with Gasteiger partial charge in [-0.05, 0) is 19.1 Å². The first kappa shape index (κ1) is 11.3. The average Bonchev–Trinajstić information content (AvgIpc) is 2.83. The second-order valence-electron chi connectivity index (χ2n) is 3.84. The Balaban J connectivity index is 1.90. The number of anilines is 1. The van der Waals surface area contributed by atoms with Crippen LogP contribution in [0.3, 0.4) is 0 Å². The van der Waals surface area contributed by atoms with Crippen molar-refractivity contribution in [2.45, 2.75) is 19.4 Å². The minimum absolute atomic E-state index is 0.00112. The molecule has 2 aromatic rings. The van der Waals surface area contributed by atoms with Gasteiger partial charge in [-0.2, -0.15) is 5.10 Å². The summed E-state index contributed by atoms with van der Waals surface area (Å²) in [5.41, 5.74) is 0.809. The van der Waals surface area contributed by atoms with E-state index < -0.39 is 0 Å². The van der Waals surface area contributed by atoms with Gasteiger partial charge in [0.25, 0.3) is 0 Å². The highest BCUT2D eigenvalue weighted by atomic mass is 16.1. The molecule has 0 aliphatic carbocycles. The topological polar surface area (TPSA) is 59.8 Å². The first-order valence-electron chi connectivity index (χ1n) is 5.44. The summed E-state index contributed by atoms with van der Waals surface area (Å²) >= 11 is 0. The van der Waals surface area contributed by atoms with Crippen molar-refractivity contribution in [1.82, 2.24) is 14.8 Å². The summed E-state index contributed by atoms with van der Waals surface area (Å²) in [6.07, 6.45) is 3.45. The third-order valence-corrected chi connectivity index (χ3v) is 2.43. The molecule has 5 nitrogen and oxygen atoms in total. The first-order valence-corrected chi connectivity index (χ1v) is 5.44. The molecular formula is C12H14N4O. The van der Waals surface area contributed by atoms with Gasteiger partial charge in [-0.15, -0.1) is 0 Å². The zero-order valence-electron chi connectivity index (χ0n) is 9.58. The van der Waals surface area contributed by atoms with E-state index in [2.05, 4.69) is 15.4 Å². The predicted molar refractivity (Wildman–Crippen MR) is 64.4 cm³/mol. The lowest BCUT2D eigenvalue weighted by molar-refractivity contribution is -0.116. The largest absolute Gasteiger partial charge is 0.326 e. The molecule has 2 rings (SSSR count). The quantitative estimate of drug-likeness (QED) is 0.872. The van der Waals surface area contributed by atoms with E-state index in [0.29, 0.717) is 6.42 Å². The van der Waals surface area contributed by atoms with Crippen molar-refractivity contribution in [2.75, 3.05) is 5.32 Å². The highest BCUT2D eigenvalue weighted by Crippen LogP contribution is 2.11. The van der Waals surface area contributed by atoms with Crippen molar-refractivity contribution in [3.05, 3.63) is 43.0 Å². The summed E-state index contributed by atoms with van der Waals surface area (Å²) in [4.78, 5) is 15.6. The Bertz CT molecular complexity index is 467. The lowest BCUT2D eigenvalue weighted by Crippen LogP contribution is -2.17. The molecule has 0 radical (unpaired) electrons. The van der Waals surface area contributed by atoms with Crippen LogP contribution in [0.4, 0.5) is 5.69 Å². The van der Waals surface area contributed by atoms with Crippen LogP contribution in [0.1, 0.15) is 19.4 Å². The van der Waals surface area contributed by atoms with Gasteiger partial charge in [0.1, 0.15) is 12.7 Å². The van der Waals surface area contributed by atoms with E-state index in [4.69, 9.17) is 0 Å². The molecule has 0 spiro atoms. The molecule has 1 N–H and O–H groups in total. The van der Waals surface area contributed by atoms with Gasteiger partial charge in [0, 0.05) is 12.1 Å². The SMILES string of the molecule is C[C@H](CC(=O)Nc1ccccc1)n1cncn1. The van der Waals surface area contributed by atoms with Crippen LogP contribution in [-0.4, -0.2) is 20.7 Å². The Hall–Kier alpha value is -2.17. The highest BCUT2D eigenvalue weighted by molar-refractivity contribution is 5.90. The molecular weight excluding hydrogens is 216 g/mol. The molecule has 1 heterocycles. The summed E-state index contributed by atoms with van der Waals surface area (Å²) in [6, 6.07) is 9.40. The molecule has 0 saturated carbocycles. The summed E-state index contributed by atoms with van der Waals surface area (Å²) in [5.74, 6) is -0.0285. The van der Waals surface area contributed by atoms with Crippen molar-refractivity contribution in [3.8, 4) is 0 Å². The van der Waals surface area contributed by atoms with Gasteiger partial charge in [0.2, 0.25) is 5.91 Å². The minimum Gasteiger partial charge on any atom is -0.326 e. The maximum atomic E-state index is 11.7. The van der Waals surface area contributed by atoms with Gasteiger partial charge in [-0.3, -0.25) is 4.79 Å². The van der Waals surface area contributed by atoms with Crippen LogP contribution < -0.4 is 5.32 Å². The van der Waals surface area contributed by atoms with Crippen LogP contribution in [0.5, 0.6) is 0 Å². The Morgan fingerprint density at radius 2 is 2.18 bits per heavy atom. The number of carbonyl (C=O) groups is 1. The van der Waals surface area contributed by atoms with Crippen molar-refractivity contribution in [1.29, 1.82) is 0 Å². The van der Waals surface area contributed by atoms with Gasteiger partial charge in [0.15, 0.2) is 0 Å². The van der Waals surface area contributed by atoms with Crippen LogP contribution >= 0.6 is 0 Å². The van der Waals surface area contributed by atoms with Crippen LogP contribution in [0, 0.1) is 0 Å². The standard InChI is InChI=1S/C12H14N4O/c1-10(16-9-13-8-14-16)7-12(17)15-11-5-3-2-4-6-11/h2-6,8-10H,7H2,1H3,(H,15,17)/t10-/m1/s1. The predicted octanol–water partition coefficient (Wildman–Crippen LogP) is 1.87. The third-order valence-electron chi connectivity index (χ3n) is 2.43. The second kappa shape index (κ2) is 5.25.